The number of carboxylic acids is 1. The molecule has 106 valence electrons. The van der Waals surface area contributed by atoms with Crippen molar-refractivity contribution >= 4 is 17.6 Å². The number of hydrogen-bond donors (Lipinski definition) is 2. The van der Waals surface area contributed by atoms with Crippen LogP contribution < -0.4 is 10.5 Å². The van der Waals surface area contributed by atoms with Crippen LogP contribution in [0.3, 0.4) is 0 Å². The van der Waals surface area contributed by atoms with Crippen LogP contribution in [0.2, 0.25) is 0 Å². The van der Waals surface area contributed by atoms with Crippen molar-refractivity contribution in [2.24, 2.45) is 0 Å². The lowest BCUT2D eigenvalue weighted by molar-refractivity contribution is -0.138. The molecular formula is C14H11N3O4. The fourth-order valence-electron chi connectivity index (χ4n) is 2.41. The van der Waals surface area contributed by atoms with E-state index in [1.807, 2.05) is 0 Å². The van der Waals surface area contributed by atoms with Crippen molar-refractivity contribution in [3.05, 3.63) is 58.0 Å². The van der Waals surface area contributed by atoms with Crippen LogP contribution >= 0.6 is 0 Å². The number of carbonyl (C=O) groups is 2. The van der Waals surface area contributed by atoms with Crippen LogP contribution in [-0.4, -0.2) is 33.7 Å². The molecule has 2 N–H and O–H groups in total. The number of aromatic amines is 1. The lowest BCUT2D eigenvalue weighted by Gasteiger charge is -2.16. The molecule has 7 nitrogen and oxygen atoms in total. The number of nitrogens with one attached hydrogen (secondary N) is 1. The third-order valence-electron chi connectivity index (χ3n) is 3.41. The lowest BCUT2D eigenvalue weighted by Crippen LogP contribution is -2.32. The van der Waals surface area contributed by atoms with Crippen LogP contribution in [-0.2, 0) is 4.79 Å². The Balaban J connectivity index is 2.00. The number of aromatic nitrogens is 2. The van der Waals surface area contributed by atoms with Gasteiger partial charge in [0.2, 0.25) is 0 Å². The first-order valence-electron chi connectivity index (χ1n) is 6.27. The number of aliphatic carboxylic acids is 1. The number of carboxylic acid groups (broad SMARTS) is 1. The standard InChI is InChI=1S/C14H11N3O4/c18-12-6-5-10(15-16-12)13(19)17-7-9(14(20)21)8-3-1-2-4-11(8)17/h1-6,9H,7H2,(H,16,18)(H,20,21). The molecule has 2 aromatic rings. The number of H-pyrrole nitrogens is 1. The number of benzene rings is 1. The highest BCUT2D eigenvalue weighted by Crippen LogP contribution is 2.36. The minimum Gasteiger partial charge on any atom is -0.481 e. The zero-order valence-electron chi connectivity index (χ0n) is 10.8. The van der Waals surface area contributed by atoms with E-state index in [2.05, 4.69) is 10.2 Å². The molecule has 1 aliphatic heterocycles. The molecule has 1 atom stereocenters. The Morgan fingerprint density at radius 3 is 2.67 bits per heavy atom. The molecule has 2 heterocycles. The normalized spacial score (nSPS) is 16.6. The molecule has 0 bridgehead atoms. The van der Waals surface area contributed by atoms with Gasteiger partial charge in [-0.1, -0.05) is 18.2 Å². The average molecular weight is 285 g/mol. The third kappa shape index (κ3) is 2.18. The number of hydrogen-bond acceptors (Lipinski definition) is 4. The Morgan fingerprint density at radius 1 is 1.24 bits per heavy atom. The first-order valence-corrected chi connectivity index (χ1v) is 6.27. The Bertz CT molecular complexity index is 763. The van der Waals surface area contributed by atoms with Crippen molar-refractivity contribution in [2.45, 2.75) is 5.92 Å². The maximum Gasteiger partial charge on any atom is 0.312 e. The molecule has 0 fully saturated rings. The van der Waals surface area contributed by atoms with E-state index in [9.17, 15) is 19.5 Å². The minimum absolute atomic E-state index is 0.0499. The van der Waals surface area contributed by atoms with Crippen molar-refractivity contribution in [1.82, 2.24) is 10.2 Å². The molecule has 7 heteroatoms. The van der Waals surface area contributed by atoms with Crippen LogP contribution in [0.1, 0.15) is 22.0 Å². The van der Waals surface area contributed by atoms with Crippen molar-refractivity contribution in [1.29, 1.82) is 0 Å². The maximum absolute atomic E-state index is 12.4. The average Bonchev–Trinajstić information content (AvgIpc) is 2.87. The number of anilines is 1. The number of amides is 1. The van der Waals surface area contributed by atoms with E-state index in [1.165, 1.54) is 17.0 Å². The summed E-state index contributed by atoms with van der Waals surface area (Å²) in [5, 5.41) is 15.1. The Labute approximate surface area is 118 Å². The summed E-state index contributed by atoms with van der Waals surface area (Å²) >= 11 is 0. The monoisotopic (exact) mass is 285 g/mol. The van der Waals surface area contributed by atoms with Gasteiger partial charge in [-0.15, -0.1) is 0 Å². The minimum atomic E-state index is -0.979. The highest BCUT2D eigenvalue weighted by atomic mass is 16.4. The van der Waals surface area contributed by atoms with Gasteiger partial charge in [-0.25, -0.2) is 5.10 Å². The number of para-hydroxylation sites is 1. The van der Waals surface area contributed by atoms with E-state index in [1.54, 1.807) is 24.3 Å². The largest absolute Gasteiger partial charge is 0.481 e. The molecule has 1 unspecified atom stereocenters. The van der Waals surface area contributed by atoms with Crippen LogP contribution in [0.25, 0.3) is 0 Å². The van der Waals surface area contributed by atoms with Gasteiger partial charge in [0.25, 0.3) is 11.5 Å². The van der Waals surface area contributed by atoms with Crippen molar-refractivity contribution in [2.75, 3.05) is 11.4 Å². The summed E-state index contributed by atoms with van der Waals surface area (Å²) in [6.45, 7) is 0.0499. The molecule has 1 amide bonds. The van der Waals surface area contributed by atoms with Gasteiger partial charge < -0.3 is 10.0 Å². The van der Waals surface area contributed by atoms with Gasteiger partial charge in [-0.3, -0.25) is 14.4 Å². The second-order valence-corrected chi connectivity index (χ2v) is 4.67. The summed E-state index contributed by atoms with van der Waals surface area (Å²) in [6, 6.07) is 9.39. The number of carbonyl (C=O) groups excluding carboxylic acids is 1. The zero-order valence-corrected chi connectivity index (χ0v) is 10.8. The molecule has 0 radical (unpaired) electrons. The quantitative estimate of drug-likeness (QED) is 0.841. The summed E-state index contributed by atoms with van der Waals surface area (Å²) < 4.78 is 0. The van der Waals surface area contributed by atoms with Gasteiger partial charge >= 0.3 is 5.97 Å². The molecule has 1 aliphatic rings. The lowest BCUT2D eigenvalue weighted by atomic mass is 10.0. The summed E-state index contributed by atoms with van der Waals surface area (Å²) in [7, 11) is 0. The molecule has 0 aliphatic carbocycles. The molecule has 0 saturated heterocycles. The number of nitrogens with zero attached hydrogens (tertiary/aromatic N) is 2. The highest BCUT2D eigenvalue weighted by molar-refractivity contribution is 6.07. The van der Waals surface area contributed by atoms with Crippen molar-refractivity contribution < 1.29 is 14.7 Å². The molecular weight excluding hydrogens is 274 g/mol. The van der Waals surface area contributed by atoms with E-state index in [-0.39, 0.29) is 12.2 Å². The highest BCUT2D eigenvalue weighted by Gasteiger charge is 2.36. The van der Waals surface area contributed by atoms with Gasteiger partial charge in [0, 0.05) is 18.3 Å². The van der Waals surface area contributed by atoms with Gasteiger partial charge in [0.15, 0.2) is 0 Å². The molecule has 1 aromatic carbocycles. The first-order chi connectivity index (χ1) is 10.1. The molecule has 0 saturated carbocycles. The topological polar surface area (TPSA) is 103 Å². The van der Waals surface area contributed by atoms with Gasteiger partial charge in [-0.05, 0) is 17.7 Å². The smallest absolute Gasteiger partial charge is 0.312 e. The second kappa shape index (κ2) is 4.86. The Morgan fingerprint density at radius 2 is 2.00 bits per heavy atom. The molecule has 0 spiro atoms. The second-order valence-electron chi connectivity index (χ2n) is 4.67. The van der Waals surface area contributed by atoms with E-state index < -0.39 is 23.4 Å². The van der Waals surface area contributed by atoms with E-state index >= 15 is 0 Å². The van der Waals surface area contributed by atoms with E-state index in [0.29, 0.717) is 11.3 Å². The summed E-state index contributed by atoms with van der Waals surface area (Å²) in [4.78, 5) is 36.1. The number of rotatable bonds is 2. The summed E-state index contributed by atoms with van der Waals surface area (Å²) in [5.41, 5.74) is 0.818. The first kappa shape index (κ1) is 13.0. The third-order valence-corrected chi connectivity index (χ3v) is 3.41. The van der Waals surface area contributed by atoms with Gasteiger partial charge in [0.05, 0.1) is 0 Å². The van der Waals surface area contributed by atoms with Gasteiger partial charge in [0.1, 0.15) is 11.6 Å². The Kier molecular flexibility index (Phi) is 3.02. The summed E-state index contributed by atoms with van der Waals surface area (Å²) in [6.07, 6.45) is 0. The summed E-state index contributed by atoms with van der Waals surface area (Å²) in [5.74, 6) is -2.18. The zero-order chi connectivity index (χ0) is 15.0. The Hall–Kier alpha value is -2.96. The van der Waals surface area contributed by atoms with E-state index in [4.69, 9.17) is 0 Å². The van der Waals surface area contributed by atoms with Crippen LogP contribution in [0.4, 0.5) is 5.69 Å². The fourth-order valence-corrected chi connectivity index (χ4v) is 2.41. The molecule has 1 aromatic heterocycles. The van der Waals surface area contributed by atoms with Crippen LogP contribution in [0.5, 0.6) is 0 Å². The van der Waals surface area contributed by atoms with Crippen molar-refractivity contribution in [3.8, 4) is 0 Å². The maximum atomic E-state index is 12.4. The van der Waals surface area contributed by atoms with Crippen LogP contribution in [0, 0.1) is 0 Å². The predicted molar refractivity (Wildman–Crippen MR) is 73.4 cm³/mol. The fraction of sp³-hybridized carbons (Fsp3) is 0.143. The SMILES string of the molecule is O=C(O)C1CN(C(=O)c2ccc(=O)[nH]n2)c2ccccc21. The molecule has 21 heavy (non-hydrogen) atoms. The predicted octanol–water partition coefficient (Wildman–Crippen LogP) is 0.598. The van der Waals surface area contributed by atoms with E-state index in [0.717, 1.165) is 0 Å². The van der Waals surface area contributed by atoms with Gasteiger partial charge in [-0.2, -0.15) is 5.10 Å². The van der Waals surface area contributed by atoms with Crippen LogP contribution in [0.15, 0.2) is 41.2 Å². The number of fused-ring (bicyclic) bond motifs is 1. The van der Waals surface area contributed by atoms with Crippen molar-refractivity contribution in [3.63, 3.8) is 0 Å². The molecule has 3 rings (SSSR count).